The molecule has 1 aromatic carbocycles. The van der Waals surface area contributed by atoms with E-state index >= 15 is 0 Å². The van der Waals surface area contributed by atoms with Crippen molar-refractivity contribution >= 4 is 17.8 Å². The first-order valence-electron chi connectivity index (χ1n) is 9.92. The van der Waals surface area contributed by atoms with Crippen molar-refractivity contribution in [3.8, 4) is 0 Å². The van der Waals surface area contributed by atoms with Crippen molar-refractivity contribution in [1.82, 2.24) is 15.5 Å². The van der Waals surface area contributed by atoms with Crippen molar-refractivity contribution in [3.05, 3.63) is 34.9 Å². The van der Waals surface area contributed by atoms with Crippen LogP contribution in [0.25, 0.3) is 0 Å². The average Bonchev–Trinajstić information content (AvgIpc) is 3.00. The molecule has 28 heavy (non-hydrogen) atoms. The predicted molar refractivity (Wildman–Crippen MR) is 105 cm³/mol. The van der Waals surface area contributed by atoms with Gasteiger partial charge in [0.05, 0.1) is 5.41 Å². The molecule has 3 rings (SSSR count). The smallest absolute Gasteiger partial charge is 0.310 e. The molecule has 2 aliphatic heterocycles. The van der Waals surface area contributed by atoms with E-state index in [0.717, 1.165) is 44.5 Å². The van der Waals surface area contributed by atoms with Gasteiger partial charge >= 0.3 is 5.97 Å². The van der Waals surface area contributed by atoms with Crippen LogP contribution in [0.1, 0.15) is 59.4 Å². The van der Waals surface area contributed by atoms with Gasteiger partial charge in [-0.05, 0) is 69.8 Å². The quantitative estimate of drug-likeness (QED) is 0.663. The summed E-state index contributed by atoms with van der Waals surface area (Å²) in [6.07, 6.45) is 3.33. The van der Waals surface area contributed by atoms with Crippen LogP contribution >= 0.6 is 0 Å². The third kappa shape index (κ3) is 4.52. The Morgan fingerprint density at radius 1 is 1.29 bits per heavy atom. The third-order valence-electron chi connectivity index (χ3n) is 5.79. The summed E-state index contributed by atoms with van der Waals surface area (Å²) >= 11 is 0. The molecule has 3 N–H and O–H groups in total. The van der Waals surface area contributed by atoms with Crippen molar-refractivity contribution in [2.45, 2.75) is 39.7 Å². The Kier molecular flexibility index (Phi) is 6.03. The molecule has 0 unspecified atom stereocenters. The Morgan fingerprint density at radius 3 is 2.68 bits per heavy atom. The Hall–Kier alpha value is -2.41. The number of carbonyl (C=O) groups is 3. The Labute approximate surface area is 165 Å². The van der Waals surface area contributed by atoms with Crippen molar-refractivity contribution in [2.75, 3.05) is 26.2 Å². The van der Waals surface area contributed by atoms with E-state index in [4.69, 9.17) is 5.11 Å². The maximum Gasteiger partial charge on any atom is 0.310 e. The number of nitrogens with one attached hydrogen (secondary N) is 2. The molecule has 0 atom stereocenters. The van der Waals surface area contributed by atoms with Crippen LogP contribution in [0, 0.1) is 11.3 Å². The van der Waals surface area contributed by atoms with E-state index in [1.54, 1.807) is 26.0 Å². The number of benzene rings is 1. The Balaban J connectivity index is 1.60. The van der Waals surface area contributed by atoms with Gasteiger partial charge in [-0.15, -0.1) is 0 Å². The van der Waals surface area contributed by atoms with E-state index in [1.807, 2.05) is 11.0 Å². The van der Waals surface area contributed by atoms with Crippen LogP contribution in [-0.2, 0) is 11.3 Å². The topological polar surface area (TPSA) is 98.7 Å². The van der Waals surface area contributed by atoms with Gasteiger partial charge < -0.3 is 20.6 Å². The number of aliphatic carboxylic acids is 1. The lowest BCUT2D eigenvalue weighted by atomic mass is 9.94. The zero-order valence-electron chi connectivity index (χ0n) is 16.6. The minimum atomic E-state index is -1.05. The lowest BCUT2D eigenvalue weighted by Crippen LogP contribution is -2.38. The minimum Gasteiger partial charge on any atom is -0.481 e. The molecule has 2 aliphatic rings. The number of piperidine rings is 1. The van der Waals surface area contributed by atoms with Crippen LogP contribution in [0.4, 0.5) is 0 Å². The molecule has 7 heteroatoms. The zero-order valence-corrected chi connectivity index (χ0v) is 16.6. The van der Waals surface area contributed by atoms with Crippen LogP contribution in [0.15, 0.2) is 18.2 Å². The van der Waals surface area contributed by atoms with E-state index in [2.05, 4.69) is 10.6 Å². The monoisotopic (exact) mass is 387 g/mol. The fourth-order valence-corrected chi connectivity index (χ4v) is 3.67. The van der Waals surface area contributed by atoms with Gasteiger partial charge in [-0.2, -0.15) is 0 Å². The number of carboxylic acids is 1. The van der Waals surface area contributed by atoms with Gasteiger partial charge in [-0.3, -0.25) is 14.4 Å². The van der Waals surface area contributed by atoms with Crippen molar-refractivity contribution in [2.24, 2.45) is 11.3 Å². The first-order chi connectivity index (χ1) is 13.3. The highest BCUT2D eigenvalue weighted by molar-refractivity contribution is 6.02. The molecule has 1 aromatic rings. The number of hydrogen-bond donors (Lipinski definition) is 3. The molecule has 1 fully saturated rings. The fraction of sp³-hybridized carbons (Fsp3) is 0.571. The summed E-state index contributed by atoms with van der Waals surface area (Å²) in [6, 6.07) is 5.16. The first kappa shape index (κ1) is 20.3. The maximum absolute atomic E-state index is 12.8. The van der Waals surface area contributed by atoms with E-state index < -0.39 is 11.4 Å². The van der Waals surface area contributed by atoms with Crippen LogP contribution in [0.2, 0.25) is 0 Å². The summed E-state index contributed by atoms with van der Waals surface area (Å²) in [5.41, 5.74) is 0.856. The fourth-order valence-electron chi connectivity index (χ4n) is 3.67. The van der Waals surface area contributed by atoms with Gasteiger partial charge in [-0.25, -0.2) is 0 Å². The number of fused-ring (bicyclic) bond motifs is 1. The highest BCUT2D eigenvalue weighted by Gasteiger charge is 2.30. The highest BCUT2D eigenvalue weighted by atomic mass is 16.4. The normalized spacial score (nSPS) is 17.5. The van der Waals surface area contributed by atoms with Crippen molar-refractivity contribution in [3.63, 3.8) is 0 Å². The third-order valence-corrected chi connectivity index (χ3v) is 5.79. The maximum atomic E-state index is 12.8. The Morgan fingerprint density at radius 2 is 2.00 bits per heavy atom. The molecule has 0 saturated carbocycles. The molecule has 0 bridgehead atoms. The second kappa shape index (κ2) is 8.31. The molecule has 0 aromatic heterocycles. The van der Waals surface area contributed by atoms with E-state index in [0.29, 0.717) is 23.6 Å². The molecule has 0 spiro atoms. The standard InChI is InChI=1S/C21H29N3O4/c1-21(2,20(27)28)13-23-18(25)15-3-4-16-12-24(19(26)17(16)11-15)10-7-14-5-8-22-9-6-14/h3-4,11,14,22H,5-10,12-13H2,1-2H3,(H,23,25)(H,27,28). The molecule has 0 aliphatic carbocycles. The number of carbonyl (C=O) groups excluding carboxylic acids is 2. The second-order valence-electron chi connectivity index (χ2n) is 8.45. The second-order valence-corrected chi connectivity index (χ2v) is 8.45. The molecule has 2 heterocycles. The lowest BCUT2D eigenvalue weighted by molar-refractivity contribution is -0.146. The van der Waals surface area contributed by atoms with Crippen LogP contribution in [0.3, 0.4) is 0 Å². The van der Waals surface area contributed by atoms with Crippen LogP contribution in [-0.4, -0.2) is 54.0 Å². The molecule has 152 valence electrons. The molecule has 0 radical (unpaired) electrons. The number of carboxylic acid groups (broad SMARTS) is 1. The number of hydrogen-bond acceptors (Lipinski definition) is 4. The van der Waals surface area contributed by atoms with Crippen molar-refractivity contribution < 1.29 is 19.5 Å². The van der Waals surface area contributed by atoms with Gasteiger partial charge in [0.2, 0.25) is 0 Å². The summed E-state index contributed by atoms with van der Waals surface area (Å²) in [5, 5.41) is 15.2. The van der Waals surface area contributed by atoms with Crippen molar-refractivity contribution in [1.29, 1.82) is 0 Å². The number of rotatable bonds is 7. The van der Waals surface area contributed by atoms with Gasteiger partial charge in [-0.1, -0.05) is 6.07 Å². The lowest BCUT2D eigenvalue weighted by Gasteiger charge is -2.25. The van der Waals surface area contributed by atoms with Crippen LogP contribution in [0.5, 0.6) is 0 Å². The van der Waals surface area contributed by atoms with Crippen LogP contribution < -0.4 is 10.6 Å². The van der Waals surface area contributed by atoms with Gasteiger partial charge in [0.1, 0.15) is 0 Å². The average molecular weight is 387 g/mol. The summed E-state index contributed by atoms with van der Waals surface area (Å²) in [6.45, 7) is 6.57. The van der Waals surface area contributed by atoms with E-state index in [1.165, 1.54) is 0 Å². The number of nitrogens with zero attached hydrogens (tertiary/aromatic N) is 1. The summed E-state index contributed by atoms with van der Waals surface area (Å²) in [5.74, 6) is -0.694. The zero-order chi connectivity index (χ0) is 20.3. The largest absolute Gasteiger partial charge is 0.481 e. The van der Waals surface area contributed by atoms with Gasteiger partial charge in [0, 0.05) is 30.8 Å². The van der Waals surface area contributed by atoms with E-state index in [9.17, 15) is 14.4 Å². The first-order valence-corrected chi connectivity index (χ1v) is 9.92. The number of amides is 2. The van der Waals surface area contributed by atoms with E-state index in [-0.39, 0.29) is 18.4 Å². The predicted octanol–water partition coefficient (Wildman–Crippen LogP) is 1.87. The summed E-state index contributed by atoms with van der Waals surface area (Å²) < 4.78 is 0. The SMILES string of the molecule is CC(C)(CNC(=O)c1ccc2c(c1)C(=O)N(CCC1CCNCC1)C2)C(=O)O. The molecular formula is C21H29N3O4. The minimum absolute atomic E-state index is 0.0224. The Bertz CT molecular complexity index is 769. The highest BCUT2D eigenvalue weighted by Crippen LogP contribution is 2.26. The molecular weight excluding hydrogens is 358 g/mol. The molecule has 2 amide bonds. The summed E-state index contributed by atoms with van der Waals surface area (Å²) in [4.78, 5) is 38.2. The van der Waals surface area contributed by atoms with Gasteiger partial charge in [0.25, 0.3) is 11.8 Å². The molecule has 1 saturated heterocycles. The molecule has 7 nitrogen and oxygen atoms in total. The van der Waals surface area contributed by atoms with Gasteiger partial charge in [0.15, 0.2) is 0 Å². The summed E-state index contributed by atoms with van der Waals surface area (Å²) in [7, 11) is 0.